The Morgan fingerprint density at radius 2 is 1.74 bits per heavy atom. The quantitative estimate of drug-likeness (QED) is 0.643. The zero-order chi connectivity index (χ0) is 19.2. The molecule has 2 N–H and O–H groups in total. The fourth-order valence-corrected chi connectivity index (χ4v) is 2.62. The van der Waals surface area contributed by atoms with Gasteiger partial charge in [-0.05, 0) is 49.2 Å². The third-order valence-corrected chi connectivity index (χ3v) is 4.11. The van der Waals surface area contributed by atoms with Crippen LogP contribution in [0.4, 0.5) is 17.2 Å². The number of benzene rings is 2. The molecule has 6 heteroatoms. The van der Waals surface area contributed by atoms with Gasteiger partial charge in [0.05, 0.1) is 0 Å². The number of anilines is 3. The van der Waals surface area contributed by atoms with E-state index in [0.29, 0.717) is 11.4 Å². The average molecular weight is 360 g/mol. The van der Waals surface area contributed by atoms with Gasteiger partial charge in [-0.3, -0.25) is 9.59 Å². The molecule has 3 rings (SSSR count). The molecule has 0 spiro atoms. The number of nitrogens with zero attached hydrogens (tertiary/aromatic N) is 2. The van der Waals surface area contributed by atoms with E-state index < -0.39 is 0 Å². The monoisotopic (exact) mass is 360 g/mol. The molecular weight excluding hydrogens is 340 g/mol. The van der Waals surface area contributed by atoms with Gasteiger partial charge in [0.15, 0.2) is 5.78 Å². The molecule has 0 bridgehead atoms. The minimum Gasteiger partial charge on any atom is -0.340 e. The molecule has 136 valence electrons. The van der Waals surface area contributed by atoms with E-state index in [2.05, 4.69) is 20.6 Å². The molecule has 0 fully saturated rings. The van der Waals surface area contributed by atoms with Crippen LogP contribution < -0.4 is 10.6 Å². The van der Waals surface area contributed by atoms with Crippen LogP contribution in [0.5, 0.6) is 0 Å². The van der Waals surface area contributed by atoms with Crippen LogP contribution >= 0.6 is 0 Å². The zero-order valence-corrected chi connectivity index (χ0v) is 15.2. The second-order valence-electron chi connectivity index (χ2n) is 6.01. The Labute approximate surface area is 157 Å². The number of ketones is 1. The molecule has 0 saturated heterocycles. The maximum atomic E-state index is 12.5. The number of aromatic nitrogens is 2. The summed E-state index contributed by atoms with van der Waals surface area (Å²) in [7, 11) is 0. The largest absolute Gasteiger partial charge is 0.340 e. The summed E-state index contributed by atoms with van der Waals surface area (Å²) in [6.45, 7) is 3.56. The number of Topliss-reactive ketones (excluding diaryl/α,β-unsaturated/α-hetero) is 1. The van der Waals surface area contributed by atoms with Crippen LogP contribution in [-0.4, -0.2) is 21.7 Å². The number of nitrogens with one attached hydrogen (secondary N) is 2. The Kier molecular flexibility index (Phi) is 5.56. The Bertz CT molecular complexity index is 968. The fraction of sp³-hybridized carbons (Fsp3) is 0.143. The first kappa shape index (κ1) is 18.3. The van der Waals surface area contributed by atoms with Crippen molar-refractivity contribution in [1.29, 1.82) is 0 Å². The van der Waals surface area contributed by atoms with E-state index in [1.54, 1.807) is 30.3 Å². The van der Waals surface area contributed by atoms with Crippen LogP contribution in [0.3, 0.4) is 0 Å². The molecule has 27 heavy (non-hydrogen) atoms. The summed E-state index contributed by atoms with van der Waals surface area (Å²) in [5.74, 6) is 0.206. The maximum absolute atomic E-state index is 12.5. The summed E-state index contributed by atoms with van der Waals surface area (Å²) < 4.78 is 0. The van der Waals surface area contributed by atoms with Crippen LogP contribution in [0.1, 0.15) is 40.3 Å². The van der Waals surface area contributed by atoms with Crippen molar-refractivity contribution in [2.45, 2.75) is 20.3 Å². The van der Waals surface area contributed by atoms with Gasteiger partial charge < -0.3 is 10.6 Å². The third kappa shape index (κ3) is 4.55. The average Bonchev–Trinajstić information content (AvgIpc) is 2.69. The van der Waals surface area contributed by atoms with E-state index in [9.17, 15) is 9.59 Å². The Morgan fingerprint density at radius 1 is 1.00 bits per heavy atom. The summed E-state index contributed by atoms with van der Waals surface area (Å²) in [5.41, 5.74) is 3.50. The van der Waals surface area contributed by atoms with Crippen LogP contribution in [0, 0.1) is 0 Å². The highest BCUT2D eigenvalue weighted by atomic mass is 16.2. The predicted octanol–water partition coefficient (Wildman–Crippen LogP) is 4.24. The normalized spacial score (nSPS) is 10.3. The van der Waals surface area contributed by atoms with E-state index in [1.807, 2.05) is 31.2 Å². The van der Waals surface area contributed by atoms with Crippen molar-refractivity contribution in [3.8, 4) is 0 Å². The van der Waals surface area contributed by atoms with Gasteiger partial charge in [0.1, 0.15) is 17.8 Å². The smallest absolute Gasteiger partial charge is 0.274 e. The van der Waals surface area contributed by atoms with Gasteiger partial charge in [-0.1, -0.05) is 25.1 Å². The van der Waals surface area contributed by atoms with Crippen LogP contribution in [-0.2, 0) is 6.42 Å². The van der Waals surface area contributed by atoms with E-state index in [-0.39, 0.29) is 17.4 Å². The van der Waals surface area contributed by atoms with E-state index >= 15 is 0 Å². The van der Waals surface area contributed by atoms with Gasteiger partial charge >= 0.3 is 0 Å². The van der Waals surface area contributed by atoms with Gasteiger partial charge in [0, 0.05) is 23.0 Å². The van der Waals surface area contributed by atoms with Crippen LogP contribution in [0.2, 0.25) is 0 Å². The molecule has 0 saturated carbocycles. The summed E-state index contributed by atoms with van der Waals surface area (Å²) in [6, 6.07) is 16.3. The second-order valence-corrected chi connectivity index (χ2v) is 6.01. The minimum atomic E-state index is -0.298. The van der Waals surface area contributed by atoms with Crippen molar-refractivity contribution in [2.24, 2.45) is 0 Å². The standard InChI is InChI=1S/C21H20N4O2/c1-3-15-6-4-5-7-18(15)25-21(27)19-12-20(23-13-22-19)24-17-10-8-16(9-11-17)14(2)26/h4-13H,3H2,1-2H3,(H,25,27)(H,22,23,24). The van der Waals surface area contributed by atoms with Crippen molar-refractivity contribution >= 4 is 28.9 Å². The zero-order valence-electron chi connectivity index (χ0n) is 15.2. The summed E-state index contributed by atoms with van der Waals surface area (Å²) in [4.78, 5) is 32.1. The van der Waals surface area contributed by atoms with Crippen molar-refractivity contribution in [3.05, 3.63) is 77.7 Å². The number of aryl methyl sites for hydroxylation is 1. The molecule has 0 atom stereocenters. The fourth-order valence-electron chi connectivity index (χ4n) is 2.62. The van der Waals surface area contributed by atoms with Crippen molar-refractivity contribution in [1.82, 2.24) is 9.97 Å². The summed E-state index contributed by atoms with van der Waals surface area (Å²) in [6.07, 6.45) is 2.16. The number of carbonyl (C=O) groups is 2. The lowest BCUT2D eigenvalue weighted by molar-refractivity contribution is 0.101. The molecule has 0 aliphatic rings. The number of para-hydroxylation sites is 1. The summed E-state index contributed by atoms with van der Waals surface area (Å²) >= 11 is 0. The lowest BCUT2D eigenvalue weighted by Gasteiger charge is -2.10. The molecule has 1 aromatic heterocycles. The molecule has 0 unspecified atom stereocenters. The molecule has 0 aliphatic heterocycles. The first-order valence-corrected chi connectivity index (χ1v) is 8.66. The lowest BCUT2D eigenvalue weighted by Crippen LogP contribution is -2.15. The topological polar surface area (TPSA) is 84.0 Å². The number of hydrogen-bond donors (Lipinski definition) is 2. The van der Waals surface area contributed by atoms with Gasteiger partial charge in [-0.2, -0.15) is 0 Å². The van der Waals surface area contributed by atoms with Crippen molar-refractivity contribution < 1.29 is 9.59 Å². The van der Waals surface area contributed by atoms with E-state index in [4.69, 9.17) is 0 Å². The first-order valence-electron chi connectivity index (χ1n) is 8.66. The number of rotatable bonds is 6. The number of hydrogen-bond acceptors (Lipinski definition) is 5. The van der Waals surface area contributed by atoms with E-state index in [0.717, 1.165) is 23.4 Å². The molecule has 1 heterocycles. The summed E-state index contributed by atoms with van der Waals surface area (Å²) in [5, 5.41) is 6.00. The molecule has 6 nitrogen and oxygen atoms in total. The maximum Gasteiger partial charge on any atom is 0.274 e. The Hall–Kier alpha value is -3.54. The molecule has 0 aliphatic carbocycles. The number of carbonyl (C=O) groups excluding carboxylic acids is 2. The van der Waals surface area contributed by atoms with Gasteiger partial charge in [-0.15, -0.1) is 0 Å². The van der Waals surface area contributed by atoms with Gasteiger partial charge in [-0.25, -0.2) is 9.97 Å². The Balaban J connectivity index is 1.74. The second kappa shape index (κ2) is 8.23. The van der Waals surface area contributed by atoms with Gasteiger partial charge in [0.25, 0.3) is 5.91 Å². The van der Waals surface area contributed by atoms with Gasteiger partial charge in [0.2, 0.25) is 0 Å². The molecule has 2 aromatic carbocycles. The lowest BCUT2D eigenvalue weighted by atomic mass is 10.1. The first-order chi connectivity index (χ1) is 13.1. The molecule has 1 amide bonds. The molecule has 3 aromatic rings. The molecule has 0 radical (unpaired) electrons. The van der Waals surface area contributed by atoms with Crippen LogP contribution in [0.25, 0.3) is 0 Å². The minimum absolute atomic E-state index is 0.00917. The highest BCUT2D eigenvalue weighted by Gasteiger charge is 2.11. The van der Waals surface area contributed by atoms with Crippen molar-refractivity contribution in [2.75, 3.05) is 10.6 Å². The number of amides is 1. The Morgan fingerprint density at radius 3 is 2.44 bits per heavy atom. The SMILES string of the molecule is CCc1ccccc1NC(=O)c1cc(Nc2ccc(C(C)=O)cc2)ncn1. The molecular formula is C21H20N4O2. The van der Waals surface area contributed by atoms with E-state index in [1.165, 1.54) is 13.3 Å². The highest BCUT2D eigenvalue weighted by molar-refractivity contribution is 6.03. The predicted molar refractivity (Wildman–Crippen MR) is 106 cm³/mol. The third-order valence-electron chi connectivity index (χ3n) is 4.11. The van der Waals surface area contributed by atoms with Crippen molar-refractivity contribution in [3.63, 3.8) is 0 Å². The highest BCUT2D eigenvalue weighted by Crippen LogP contribution is 2.18. The van der Waals surface area contributed by atoms with Crippen LogP contribution in [0.15, 0.2) is 60.9 Å².